The van der Waals surface area contributed by atoms with Gasteiger partial charge in [-0.05, 0) is 61.7 Å². The van der Waals surface area contributed by atoms with Gasteiger partial charge < -0.3 is 5.32 Å². The van der Waals surface area contributed by atoms with Crippen LogP contribution in [0.2, 0.25) is 0 Å². The van der Waals surface area contributed by atoms with Crippen molar-refractivity contribution in [2.75, 3.05) is 18.4 Å². The zero-order valence-electron chi connectivity index (χ0n) is 17.9. The van der Waals surface area contributed by atoms with Crippen LogP contribution in [0.1, 0.15) is 30.5 Å². The van der Waals surface area contributed by atoms with Gasteiger partial charge in [0.25, 0.3) is 0 Å². The first-order valence-electron chi connectivity index (χ1n) is 11.0. The molecule has 1 N–H and O–H groups in total. The molecule has 2 aromatic carbocycles. The summed E-state index contributed by atoms with van der Waals surface area (Å²) in [7, 11) is 0. The monoisotopic (exact) mass is 409 g/mol. The third-order valence-electron chi connectivity index (χ3n) is 6.02. The average molecular weight is 410 g/mol. The van der Waals surface area contributed by atoms with Gasteiger partial charge in [-0.2, -0.15) is 0 Å². The van der Waals surface area contributed by atoms with Gasteiger partial charge in [-0.15, -0.1) is 0 Å². The molecule has 1 aliphatic heterocycles. The molecule has 1 fully saturated rings. The number of nitrogens with one attached hydrogen (secondary N) is 1. The van der Waals surface area contributed by atoms with E-state index in [1.165, 1.54) is 36.0 Å². The van der Waals surface area contributed by atoms with E-state index in [4.69, 9.17) is 9.97 Å². The predicted molar refractivity (Wildman–Crippen MR) is 126 cm³/mol. The van der Waals surface area contributed by atoms with Gasteiger partial charge in [0.2, 0.25) is 0 Å². The van der Waals surface area contributed by atoms with Crippen LogP contribution >= 0.6 is 0 Å². The second-order valence-corrected chi connectivity index (χ2v) is 8.19. The molecule has 0 bridgehead atoms. The summed E-state index contributed by atoms with van der Waals surface area (Å²) in [6, 6.07) is 18.7. The molecule has 0 aliphatic carbocycles. The fourth-order valence-corrected chi connectivity index (χ4v) is 4.33. The zero-order valence-corrected chi connectivity index (χ0v) is 17.9. The Labute approximate surface area is 183 Å². The van der Waals surface area contributed by atoms with Crippen LogP contribution in [0, 0.1) is 6.92 Å². The first-order chi connectivity index (χ1) is 15.3. The second kappa shape index (κ2) is 8.82. The summed E-state index contributed by atoms with van der Waals surface area (Å²) in [5.41, 5.74) is 7.33. The van der Waals surface area contributed by atoms with Gasteiger partial charge in [-0.25, -0.2) is 15.0 Å². The Morgan fingerprint density at radius 3 is 2.58 bits per heavy atom. The van der Waals surface area contributed by atoms with Crippen LogP contribution in [0.3, 0.4) is 0 Å². The van der Waals surface area contributed by atoms with E-state index in [2.05, 4.69) is 64.6 Å². The SMILES string of the molecule is Cc1c(Nc2nccc3nc(CN4CCCCC4)cnc23)cccc1-c1ccccc1. The first kappa shape index (κ1) is 19.6. The number of benzene rings is 2. The van der Waals surface area contributed by atoms with Gasteiger partial charge in [0, 0.05) is 18.4 Å². The third-order valence-corrected chi connectivity index (χ3v) is 6.02. The lowest BCUT2D eigenvalue weighted by molar-refractivity contribution is 0.218. The van der Waals surface area contributed by atoms with Crippen LogP contribution in [-0.2, 0) is 6.54 Å². The van der Waals surface area contributed by atoms with Crippen molar-refractivity contribution < 1.29 is 0 Å². The quantitative estimate of drug-likeness (QED) is 0.456. The molecule has 5 nitrogen and oxygen atoms in total. The smallest absolute Gasteiger partial charge is 0.158 e. The van der Waals surface area contributed by atoms with Crippen molar-refractivity contribution in [3.8, 4) is 11.1 Å². The van der Waals surface area contributed by atoms with Crippen molar-refractivity contribution in [1.29, 1.82) is 0 Å². The van der Waals surface area contributed by atoms with E-state index in [0.717, 1.165) is 47.9 Å². The van der Waals surface area contributed by atoms with Gasteiger partial charge in [0.1, 0.15) is 5.52 Å². The van der Waals surface area contributed by atoms with Crippen molar-refractivity contribution in [3.05, 3.63) is 78.2 Å². The van der Waals surface area contributed by atoms with E-state index >= 15 is 0 Å². The van der Waals surface area contributed by atoms with Crippen molar-refractivity contribution >= 4 is 22.5 Å². The van der Waals surface area contributed by atoms with Gasteiger partial charge in [0.05, 0.1) is 17.4 Å². The Balaban J connectivity index is 1.43. The van der Waals surface area contributed by atoms with Gasteiger partial charge in [-0.1, -0.05) is 48.9 Å². The molecular weight excluding hydrogens is 382 g/mol. The van der Waals surface area contributed by atoms with Crippen LogP contribution in [0.25, 0.3) is 22.2 Å². The largest absolute Gasteiger partial charge is 0.338 e. The van der Waals surface area contributed by atoms with Crippen LogP contribution in [-0.4, -0.2) is 32.9 Å². The maximum atomic E-state index is 4.88. The van der Waals surface area contributed by atoms with E-state index in [-0.39, 0.29) is 0 Å². The minimum Gasteiger partial charge on any atom is -0.338 e. The molecule has 31 heavy (non-hydrogen) atoms. The number of pyridine rings is 1. The highest BCUT2D eigenvalue weighted by Gasteiger charge is 2.14. The van der Waals surface area contributed by atoms with Crippen molar-refractivity contribution in [2.45, 2.75) is 32.7 Å². The van der Waals surface area contributed by atoms with Gasteiger partial charge in [-0.3, -0.25) is 4.90 Å². The van der Waals surface area contributed by atoms with Crippen molar-refractivity contribution in [2.24, 2.45) is 0 Å². The molecule has 2 aromatic heterocycles. The summed E-state index contributed by atoms with van der Waals surface area (Å²) in [6.07, 6.45) is 7.60. The van der Waals surface area contributed by atoms with Crippen molar-refractivity contribution in [1.82, 2.24) is 19.9 Å². The van der Waals surface area contributed by atoms with E-state index in [0.29, 0.717) is 0 Å². The topological polar surface area (TPSA) is 53.9 Å². The summed E-state index contributed by atoms with van der Waals surface area (Å²) < 4.78 is 0. The fourth-order valence-electron chi connectivity index (χ4n) is 4.33. The van der Waals surface area contributed by atoms with Crippen molar-refractivity contribution in [3.63, 3.8) is 0 Å². The molecule has 0 amide bonds. The molecule has 0 atom stereocenters. The van der Waals surface area contributed by atoms with Crippen LogP contribution in [0.5, 0.6) is 0 Å². The molecular formula is C26H27N5. The summed E-state index contributed by atoms with van der Waals surface area (Å²) in [4.78, 5) is 16.7. The third kappa shape index (κ3) is 4.28. The number of nitrogens with zero attached hydrogens (tertiary/aromatic N) is 4. The lowest BCUT2D eigenvalue weighted by atomic mass is 9.99. The predicted octanol–water partition coefficient (Wildman–Crippen LogP) is 5.73. The Morgan fingerprint density at radius 1 is 0.903 bits per heavy atom. The number of rotatable bonds is 5. The van der Waals surface area contributed by atoms with E-state index in [1.54, 1.807) is 6.20 Å². The molecule has 5 heteroatoms. The van der Waals surface area contributed by atoms with E-state index in [9.17, 15) is 0 Å². The van der Waals surface area contributed by atoms with Gasteiger partial charge in [0.15, 0.2) is 5.82 Å². The summed E-state index contributed by atoms with van der Waals surface area (Å²) >= 11 is 0. The Bertz CT molecular complexity index is 1180. The molecule has 0 saturated carbocycles. The highest BCUT2D eigenvalue weighted by molar-refractivity contribution is 5.88. The van der Waals surface area contributed by atoms with Crippen LogP contribution in [0.15, 0.2) is 67.0 Å². The molecule has 5 rings (SSSR count). The number of anilines is 2. The molecule has 156 valence electrons. The second-order valence-electron chi connectivity index (χ2n) is 8.19. The number of hydrogen-bond donors (Lipinski definition) is 1. The minimum atomic E-state index is 0.739. The van der Waals surface area contributed by atoms with E-state index < -0.39 is 0 Å². The zero-order chi connectivity index (χ0) is 21.0. The summed E-state index contributed by atoms with van der Waals surface area (Å²) in [5, 5.41) is 3.50. The highest BCUT2D eigenvalue weighted by atomic mass is 15.1. The number of fused-ring (bicyclic) bond motifs is 1. The number of hydrogen-bond acceptors (Lipinski definition) is 5. The summed E-state index contributed by atoms with van der Waals surface area (Å²) in [6.45, 7) is 5.31. The highest BCUT2D eigenvalue weighted by Crippen LogP contribution is 2.31. The normalized spacial score (nSPS) is 14.6. The molecule has 0 spiro atoms. The van der Waals surface area contributed by atoms with Crippen LogP contribution < -0.4 is 5.32 Å². The molecule has 0 unspecified atom stereocenters. The first-order valence-corrected chi connectivity index (χ1v) is 11.0. The molecule has 4 aromatic rings. The lowest BCUT2D eigenvalue weighted by Gasteiger charge is -2.25. The van der Waals surface area contributed by atoms with Gasteiger partial charge >= 0.3 is 0 Å². The Morgan fingerprint density at radius 2 is 1.74 bits per heavy atom. The minimum absolute atomic E-state index is 0.739. The molecule has 3 heterocycles. The summed E-state index contributed by atoms with van der Waals surface area (Å²) in [5.74, 6) is 0.739. The Kier molecular flexibility index (Phi) is 5.59. The average Bonchev–Trinajstić information content (AvgIpc) is 2.82. The van der Waals surface area contributed by atoms with Crippen LogP contribution in [0.4, 0.5) is 11.5 Å². The lowest BCUT2D eigenvalue weighted by Crippen LogP contribution is -2.29. The number of piperidine rings is 1. The maximum absolute atomic E-state index is 4.88. The Hall–Kier alpha value is -3.31. The van der Waals surface area contributed by atoms with E-state index in [1.807, 2.05) is 18.3 Å². The standard InChI is InChI=1S/C26H27N5/c1-19-22(20-9-4-2-5-10-20)11-8-12-23(19)30-26-25-24(13-14-27-26)29-21(17-28-25)18-31-15-6-3-7-16-31/h2,4-5,8-14,17H,3,6-7,15-16,18H2,1H3,(H,27,30). The molecule has 1 saturated heterocycles. The molecule has 0 radical (unpaired) electrons. The fraction of sp³-hybridized carbons (Fsp3) is 0.269. The molecule has 1 aliphatic rings. The number of aromatic nitrogens is 3. The maximum Gasteiger partial charge on any atom is 0.158 e. The number of likely N-dealkylation sites (tertiary alicyclic amines) is 1.